The number of methoxy groups -OCH3 is 1. The molecule has 2 aromatic carbocycles. The molecule has 3 heterocycles. The molecule has 8 nitrogen and oxygen atoms in total. The number of unbranched alkanes of at least 4 members (excludes halogenated alkanes) is 1. The van der Waals surface area contributed by atoms with Crippen molar-refractivity contribution in [2.75, 3.05) is 26.9 Å². The number of likely N-dealkylation sites (tertiary alicyclic amines) is 1. The number of benzene rings is 2. The highest BCUT2D eigenvalue weighted by molar-refractivity contribution is 5.86. The van der Waals surface area contributed by atoms with E-state index in [0.717, 1.165) is 43.4 Å². The molecule has 0 radical (unpaired) electrons. The number of amides is 1. The normalized spacial score (nSPS) is 27.9. The second-order valence-electron chi connectivity index (χ2n) is 9.56. The largest absolute Gasteiger partial charge is 0.508 e. The first-order chi connectivity index (χ1) is 17.1. The summed E-state index contributed by atoms with van der Waals surface area (Å²) in [6.07, 6.45) is 4.03. The highest BCUT2D eigenvalue weighted by atomic mass is 16.5. The van der Waals surface area contributed by atoms with Gasteiger partial charge in [-0.15, -0.1) is 0 Å². The third-order valence-electron chi connectivity index (χ3n) is 7.39. The van der Waals surface area contributed by atoms with E-state index in [4.69, 9.17) is 14.2 Å². The molecule has 35 heavy (non-hydrogen) atoms. The van der Waals surface area contributed by atoms with E-state index in [1.54, 1.807) is 13.2 Å². The number of phenolic OH excluding ortho intramolecular Hbond substituents is 1. The molecule has 5 atom stereocenters. The van der Waals surface area contributed by atoms with Crippen LogP contribution in [0.1, 0.15) is 55.8 Å². The second-order valence-corrected chi connectivity index (χ2v) is 9.56. The van der Waals surface area contributed by atoms with Crippen LogP contribution in [0.4, 0.5) is 0 Å². The van der Waals surface area contributed by atoms with E-state index in [1.165, 1.54) is 0 Å². The number of carbonyl (C=O) groups excluding carboxylic acids is 1. The minimum atomic E-state index is -0.405. The molecule has 0 bridgehead atoms. The van der Waals surface area contributed by atoms with Crippen LogP contribution in [0.3, 0.4) is 0 Å². The fraction of sp³-hybridized carbons (Fsp3) is 0.519. The SMILES string of the molecule is CCCCOc1ccc(C2C3C(NNC3c3ccccc3O)C(=O)N2CC2CCCO2)cc1OC. The van der Waals surface area contributed by atoms with E-state index in [2.05, 4.69) is 17.8 Å². The highest BCUT2D eigenvalue weighted by Crippen LogP contribution is 2.49. The van der Waals surface area contributed by atoms with Crippen LogP contribution in [0.15, 0.2) is 42.5 Å². The van der Waals surface area contributed by atoms with Gasteiger partial charge in [-0.05, 0) is 43.0 Å². The highest BCUT2D eigenvalue weighted by Gasteiger charge is 2.56. The van der Waals surface area contributed by atoms with E-state index >= 15 is 0 Å². The Hall–Kier alpha value is -2.81. The first-order valence-corrected chi connectivity index (χ1v) is 12.6. The minimum absolute atomic E-state index is 0.0374. The van der Waals surface area contributed by atoms with Gasteiger partial charge in [-0.3, -0.25) is 4.79 Å². The summed E-state index contributed by atoms with van der Waals surface area (Å²) in [5, 5.41) is 10.6. The van der Waals surface area contributed by atoms with Gasteiger partial charge in [0.25, 0.3) is 0 Å². The molecule has 0 aromatic heterocycles. The first kappa shape index (κ1) is 23.9. The smallest absolute Gasteiger partial charge is 0.242 e. The maximum atomic E-state index is 13.7. The summed E-state index contributed by atoms with van der Waals surface area (Å²) in [4.78, 5) is 15.6. The van der Waals surface area contributed by atoms with Crippen molar-refractivity contribution < 1.29 is 24.1 Å². The zero-order valence-electron chi connectivity index (χ0n) is 20.4. The van der Waals surface area contributed by atoms with Crippen molar-refractivity contribution in [2.45, 2.75) is 56.8 Å². The van der Waals surface area contributed by atoms with Crippen molar-refractivity contribution in [3.05, 3.63) is 53.6 Å². The van der Waals surface area contributed by atoms with E-state index in [1.807, 2.05) is 41.3 Å². The lowest BCUT2D eigenvalue weighted by Crippen LogP contribution is -2.43. The molecule has 3 saturated heterocycles. The van der Waals surface area contributed by atoms with Gasteiger partial charge in [-0.2, -0.15) is 0 Å². The standard InChI is InChI=1S/C27H35N3O5/c1-3-4-13-35-21-12-11-17(15-22(21)33-2)26-23-24(19-9-5-6-10-20(19)31)28-29-25(23)27(32)30(26)16-18-8-7-14-34-18/h5-6,9-12,15,18,23-26,28-29,31H,3-4,7-8,13-14,16H2,1-2H3. The molecule has 1 amide bonds. The van der Waals surface area contributed by atoms with Crippen LogP contribution in [0, 0.1) is 5.92 Å². The van der Waals surface area contributed by atoms with Crippen molar-refractivity contribution in [3.8, 4) is 17.2 Å². The van der Waals surface area contributed by atoms with Crippen molar-refractivity contribution in [1.29, 1.82) is 0 Å². The molecule has 5 unspecified atom stereocenters. The van der Waals surface area contributed by atoms with Crippen molar-refractivity contribution in [1.82, 2.24) is 15.8 Å². The molecule has 8 heteroatoms. The van der Waals surface area contributed by atoms with Crippen LogP contribution in [0.25, 0.3) is 0 Å². The molecule has 2 aromatic rings. The van der Waals surface area contributed by atoms with E-state index < -0.39 is 6.04 Å². The van der Waals surface area contributed by atoms with E-state index in [9.17, 15) is 9.90 Å². The van der Waals surface area contributed by atoms with Gasteiger partial charge in [0.1, 0.15) is 11.8 Å². The van der Waals surface area contributed by atoms with Crippen LogP contribution in [-0.4, -0.2) is 54.9 Å². The Labute approximate surface area is 206 Å². The maximum absolute atomic E-state index is 13.7. The fourth-order valence-electron chi connectivity index (χ4n) is 5.64. The Morgan fingerprint density at radius 1 is 1.14 bits per heavy atom. The number of para-hydroxylation sites is 1. The summed E-state index contributed by atoms with van der Waals surface area (Å²) in [5.41, 5.74) is 8.27. The third kappa shape index (κ3) is 4.58. The molecule has 3 fully saturated rings. The number of ether oxygens (including phenoxy) is 3. The number of nitrogens with zero attached hydrogens (tertiary/aromatic N) is 1. The quantitative estimate of drug-likeness (QED) is 0.472. The summed E-state index contributed by atoms with van der Waals surface area (Å²) < 4.78 is 17.5. The summed E-state index contributed by atoms with van der Waals surface area (Å²) in [6, 6.07) is 12.4. The summed E-state index contributed by atoms with van der Waals surface area (Å²) in [7, 11) is 1.64. The number of hydrogen-bond donors (Lipinski definition) is 3. The molecule has 3 N–H and O–H groups in total. The zero-order valence-corrected chi connectivity index (χ0v) is 20.4. The molecule has 0 aliphatic carbocycles. The average molecular weight is 482 g/mol. The van der Waals surface area contributed by atoms with Gasteiger partial charge in [0.15, 0.2) is 11.5 Å². The Kier molecular flexibility index (Phi) is 7.13. The Balaban J connectivity index is 1.52. The van der Waals surface area contributed by atoms with Gasteiger partial charge >= 0.3 is 0 Å². The Morgan fingerprint density at radius 2 is 1.97 bits per heavy atom. The van der Waals surface area contributed by atoms with Crippen LogP contribution in [0.2, 0.25) is 0 Å². The maximum Gasteiger partial charge on any atom is 0.242 e. The van der Waals surface area contributed by atoms with Gasteiger partial charge in [0.05, 0.1) is 31.9 Å². The van der Waals surface area contributed by atoms with Crippen LogP contribution in [-0.2, 0) is 9.53 Å². The second kappa shape index (κ2) is 10.4. The number of fused-ring (bicyclic) bond motifs is 1. The molecular formula is C27H35N3O5. The van der Waals surface area contributed by atoms with E-state index in [-0.39, 0.29) is 35.8 Å². The lowest BCUT2D eigenvalue weighted by Gasteiger charge is -2.33. The molecule has 3 aliphatic rings. The van der Waals surface area contributed by atoms with Crippen LogP contribution >= 0.6 is 0 Å². The van der Waals surface area contributed by atoms with Crippen LogP contribution < -0.4 is 20.3 Å². The topological polar surface area (TPSA) is 92.3 Å². The summed E-state index contributed by atoms with van der Waals surface area (Å²) in [5.74, 6) is 1.49. The van der Waals surface area contributed by atoms with Gasteiger partial charge in [0, 0.05) is 24.6 Å². The predicted octanol–water partition coefficient (Wildman–Crippen LogP) is 3.48. The lowest BCUT2D eigenvalue weighted by molar-refractivity contribution is -0.132. The van der Waals surface area contributed by atoms with Gasteiger partial charge in [0.2, 0.25) is 5.91 Å². The van der Waals surface area contributed by atoms with Crippen molar-refractivity contribution in [3.63, 3.8) is 0 Å². The number of phenols is 1. The number of hydrogen-bond acceptors (Lipinski definition) is 7. The number of carbonyl (C=O) groups is 1. The molecule has 0 saturated carbocycles. The molecule has 5 rings (SSSR count). The zero-order chi connectivity index (χ0) is 24.4. The molecule has 188 valence electrons. The average Bonchev–Trinajstić information content (AvgIpc) is 3.59. The lowest BCUT2D eigenvalue weighted by atomic mass is 9.83. The number of nitrogens with one attached hydrogen (secondary N) is 2. The number of hydrazine groups is 1. The van der Waals surface area contributed by atoms with Crippen molar-refractivity contribution >= 4 is 5.91 Å². The van der Waals surface area contributed by atoms with Gasteiger partial charge < -0.3 is 24.2 Å². The molecule has 3 aliphatic heterocycles. The van der Waals surface area contributed by atoms with Gasteiger partial charge in [-0.25, -0.2) is 10.9 Å². The minimum Gasteiger partial charge on any atom is -0.508 e. The first-order valence-electron chi connectivity index (χ1n) is 12.6. The number of rotatable bonds is 9. The Morgan fingerprint density at radius 3 is 2.71 bits per heavy atom. The van der Waals surface area contributed by atoms with E-state index in [0.29, 0.717) is 24.7 Å². The number of aromatic hydroxyl groups is 1. The monoisotopic (exact) mass is 481 g/mol. The fourth-order valence-corrected chi connectivity index (χ4v) is 5.64. The van der Waals surface area contributed by atoms with Gasteiger partial charge in [-0.1, -0.05) is 37.6 Å². The van der Waals surface area contributed by atoms with Crippen LogP contribution in [0.5, 0.6) is 17.2 Å². The summed E-state index contributed by atoms with van der Waals surface area (Å²) in [6.45, 7) is 4.04. The van der Waals surface area contributed by atoms with Crippen molar-refractivity contribution in [2.24, 2.45) is 5.92 Å². The third-order valence-corrected chi connectivity index (χ3v) is 7.39. The Bertz CT molecular complexity index is 1040. The summed E-state index contributed by atoms with van der Waals surface area (Å²) >= 11 is 0. The predicted molar refractivity (Wildman–Crippen MR) is 131 cm³/mol. The molecular weight excluding hydrogens is 446 g/mol. The molecule has 0 spiro atoms.